The summed E-state index contributed by atoms with van der Waals surface area (Å²) in [5.41, 5.74) is 10.7. The first kappa shape index (κ1) is 17.8. The van der Waals surface area contributed by atoms with Crippen LogP contribution in [0.2, 0.25) is 0 Å². The molecule has 0 spiro atoms. The Balaban J connectivity index is 0.00000192. The molecule has 5 nitrogen and oxygen atoms in total. The number of hydrogen-bond donors (Lipinski definition) is 2. The normalized spacial score (nSPS) is 13.8. The molecule has 0 amide bonds. The molecule has 0 fully saturated rings. The van der Waals surface area contributed by atoms with Crippen LogP contribution in [0, 0.1) is 0 Å². The molecule has 1 heterocycles. The van der Waals surface area contributed by atoms with Crippen LogP contribution in [0.25, 0.3) is 0 Å². The van der Waals surface area contributed by atoms with Crippen LogP contribution in [-0.4, -0.2) is 11.1 Å². The minimum Gasteiger partial charge on any atom is -0.370 e. The number of hydrogen-bond acceptors (Lipinski definition) is 3. The van der Waals surface area contributed by atoms with Gasteiger partial charge in [-0.25, -0.2) is 4.99 Å². The van der Waals surface area contributed by atoms with Crippen molar-refractivity contribution in [3.8, 4) is 0 Å². The minimum atomic E-state index is 0. The fourth-order valence-electron chi connectivity index (χ4n) is 2.68. The Morgan fingerprint density at radius 2 is 2.09 bits per heavy atom. The smallest absolute Gasteiger partial charge is 0.193 e. The van der Waals surface area contributed by atoms with E-state index in [1.165, 1.54) is 24.0 Å². The Labute approximate surface area is 153 Å². The van der Waals surface area contributed by atoms with Crippen molar-refractivity contribution in [2.24, 2.45) is 10.7 Å². The lowest BCUT2D eigenvalue weighted by atomic mass is 10.1. The fourth-order valence-corrected chi connectivity index (χ4v) is 2.68. The van der Waals surface area contributed by atoms with Crippen LogP contribution in [0.15, 0.2) is 33.8 Å². The largest absolute Gasteiger partial charge is 0.370 e. The summed E-state index contributed by atoms with van der Waals surface area (Å²) in [5, 5.41) is 7.15. The number of fused-ring (bicyclic) bond motifs is 1. The second-order valence-electron chi connectivity index (χ2n) is 6.04. The van der Waals surface area contributed by atoms with E-state index < -0.39 is 0 Å². The summed E-state index contributed by atoms with van der Waals surface area (Å²) in [4.78, 5) is 4.31. The predicted octanol–water partition coefficient (Wildman–Crippen LogP) is 3.83. The molecule has 1 aliphatic carbocycles. The van der Waals surface area contributed by atoms with Crippen LogP contribution < -0.4 is 11.1 Å². The highest BCUT2D eigenvalue weighted by Gasteiger charge is 2.11. The highest BCUT2D eigenvalue weighted by molar-refractivity contribution is 14.0. The third-order valence-electron chi connectivity index (χ3n) is 3.94. The number of anilines is 1. The molecular weight excluding hydrogens is 403 g/mol. The summed E-state index contributed by atoms with van der Waals surface area (Å²) in [7, 11) is 0. The molecule has 0 saturated carbocycles. The average molecular weight is 426 g/mol. The number of aryl methyl sites for hydroxylation is 2. The third kappa shape index (κ3) is 4.46. The predicted molar refractivity (Wildman–Crippen MR) is 103 cm³/mol. The molecule has 0 unspecified atom stereocenters. The molecule has 0 bridgehead atoms. The summed E-state index contributed by atoms with van der Waals surface area (Å²) in [6.07, 6.45) is 3.58. The molecule has 0 aliphatic heterocycles. The van der Waals surface area contributed by atoms with Crippen molar-refractivity contribution >= 4 is 35.6 Å². The van der Waals surface area contributed by atoms with Gasteiger partial charge in [0.15, 0.2) is 11.7 Å². The molecule has 23 heavy (non-hydrogen) atoms. The highest BCUT2D eigenvalue weighted by Crippen LogP contribution is 2.24. The van der Waals surface area contributed by atoms with E-state index in [2.05, 4.69) is 47.5 Å². The molecule has 3 rings (SSSR count). The maximum atomic E-state index is 5.94. The first-order valence-corrected chi connectivity index (χ1v) is 7.76. The van der Waals surface area contributed by atoms with Gasteiger partial charge < -0.3 is 15.6 Å². The van der Waals surface area contributed by atoms with Crippen molar-refractivity contribution in [1.29, 1.82) is 0 Å². The lowest BCUT2D eigenvalue weighted by molar-refractivity contribution is 0.376. The Kier molecular flexibility index (Phi) is 6.04. The zero-order valence-corrected chi connectivity index (χ0v) is 15.8. The third-order valence-corrected chi connectivity index (χ3v) is 3.94. The van der Waals surface area contributed by atoms with E-state index in [1.54, 1.807) is 0 Å². The number of guanidine groups is 1. The molecule has 1 aromatic carbocycles. The second kappa shape index (κ2) is 7.81. The fraction of sp³-hybridized carbons (Fsp3) is 0.412. The van der Waals surface area contributed by atoms with Crippen LogP contribution in [0.1, 0.15) is 48.8 Å². The lowest BCUT2D eigenvalue weighted by Gasteiger charge is -2.07. The van der Waals surface area contributed by atoms with Crippen LogP contribution in [0.4, 0.5) is 5.69 Å². The van der Waals surface area contributed by atoms with E-state index in [1.807, 2.05) is 6.07 Å². The van der Waals surface area contributed by atoms with Crippen LogP contribution in [0.5, 0.6) is 0 Å². The zero-order valence-electron chi connectivity index (χ0n) is 13.5. The van der Waals surface area contributed by atoms with Crippen molar-refractivity contribution in [1.82, 2.24) is 5.16 Å². The second-order valence-corrected chi connectivity index (χ2v) is 6.04. The Morgan fingerprint density at radius 1 is 1.30 bits per heavy atom. The van der Waals surface area contributed by atoms with Crippen molar-refractivity contribution in [3.05, 3.63) is 46.8 Å². The molecule has 6 heteroatoms. The summed E-state index contributed by atoms with van der Waals surface area (Å²) in [5.74, 6) is 1.46. The molecule has 3 N–H and O–H groups in total. The lowest BCUT2D eigenvalue weighted by Crippen LogP contribution is -2.22. The van der Waals surface area contributed by atoms with Gasteiger partial charge in [-0.1, -0.05) is 25.1 Å². The Hall–Kier alpha value is -1.57. The molecule has 0 atom stereocenters. The van der Waals surface area contributed by atoms with E-state index >= 15 is 0 Å². The number of halogens is 1. The molecule has 124 valence electrons. The SMILES string of the molecule is CC(C)c1cc(CN=C(N)Nc2ccc3c(c2)CCC3)on1.I. The first-order chi connectivity index (χ1) is 10.6. The first-order valence-electron chi connectivity index (χ1n) is 7.76. The van der Waals surface area contributed by atoms with Gasteiger partial charge in [0.2, 0.25) is 0 Å². The van der Waals surface area contributed by atoms with E-state index in [0.29, 0.717) is 18.4 Å². The molecule has 0 radical (unpaired) electrons. The number of nitrogens with two attached hydrogens (primary N) is 1. The number of rotatable bonds is 4. The van der Waals surface area contributed by atoms with E-state index in [-0.39, 0.29) is 24.0 Å². The van der Waals surface area contributed by atoms with Gasteiger partial charge in [-0.3, -0.25) is 0 Å². The van der Waals surface area contributed by atoms with Crippen LogP contribution in [0.3, 0.4) is 0 Å². The Morgan fingerprint density at radius 3 is 2.83 bits per heavy atom. The quantitative estimate of drug-likeness (QED) is 0.443. The number of benzene rings is 1. The number of aliphatic imine (C=N–C) groups is 1. The molecular formula is C17H23IN4O. The van der Waals surface area contributed by atoms with Crippen LogP contribution in [-0.2, 0) is 19.4 Å². The van der Waals surface area contributed by atoms with E-state index in [4.69, 9.17) is 10.3 Å². The van der Waals surface area contributed by atoms with Gasteiger partial charge in [0, 0.05) is 11.8 Å². The van der Waals surface area contributed by atoms with Crippen molar-refractivity contribution in [2.75, 3.05) is 5.32 Å². The van der Waals surface area contributed by atoms with Gasteiger partial charge in [0.05, 0.1) is 5.69 Å². The van der Waals surface area contributed by atoms with Gasteiger partial charge in [-0.05, 0) is 48.4 Å². The summed E-state index contributed by atoms with van der Waals surface area (Å²) in [6.45, 7) is 4.55. The van der Waals surface area contributed by atoms with E-state index in [0.717, 1.165) is 23.6 Å². The summed E-state index contributed by atoms with van der Waals surface area (Å²) in [6, 6.07) is 8.31. The van der Waals surface area contributed by atoms with Crippen molar-refractivity contribution in [2.45, 2.75) is 45.6 Å². The van der Waals surface area contributed by atoms with Crippen LogP contribution >= 0.6 is 24.0 Å². The minimum absolute atomic E-state index is 0. The monoisotopic (exact) mass is 426 g/mol. The van der Waals surface area contributed by atoms with Crippen molar-refractivity contribution < 1.29 is 4.52 Å². The Bertz CT molecular complexity index is 694. The van der Waals surface area contributed by atoms with E-state index in [9.17, 15) is 0 Å². The topological polar surface area (TPSA) is 76.4 Å². The number of aromatic nitrogens is 1. The van der Waals surface area contributed by atoms with Gasteiger partial charge in [-0.15, -0.1) is 24.0 Å². The molecule has 1 aromatic heterocycles. The summed E-state index contributed by atoms with van der Waals surface area (Å²) >= 11 is 0. The maximum Gasteiger partial charge on any atom is 0.193 e. The zero-order chi connectivity index (χ0) is 15.5. The number of nitrogens with one attached hydrogen (secondary N) is 1. The van der Waals surface area contributed by atoms with Gasteiger partial charge in [0.25, 0.3) is 0 Å². The van der Waals surface area contributed by atoms with Gasteiger partial charge >= 0.3 is 0 Å². The molecule has 2 aromatic rings. The highest BCUT2D eigenvalue weighted by atomic mass is 127. The maximum absolute atomic E-state index is 5.94. The summed E-state index contributed by atoms with van der Waals surface area (Å²) < 4.78 is 5.25. The molecule has 0 saturated heterocycles. The number of nitrogens with zero attached hydrogens (tertiary/aromatic N) is 2. The average Bonchev–Trinajstić information content (AvgIpc) is 3.13. The van der Waals surface area contributed by atoms with Gasteiger partial charge in [-0.2, -0.15) is 0 Å². The van der Waals surface area contributed by atoms with Gasteiger partial charge in [0.1, 0.15) is 6.54 Å². The molecule has 1 aliphatic rings. The standard InChI is InChI=1S/C17H22N4O.HI/c1-11(2)16-9-15(22-21-16)10-19-17(18)20-14-7-6-12-4-3-5-13(12)8-14;/h6-9,11H,3-5,10H2,1-2H3,(H3,18,19,20);1H. The van der Waals surface area contributed by atoms with Crippen molar-refractivity contribution in [3.63, 3.8) is 0 Å².